The number of pyridine rings is 1. The molecule has 0 aliphatic heterocycles. The molecule has 0 aliphatic carbocycles. The summed E-state index contributed by atoms with van der Waals surface area (Å²) in [4.78, 5) is 16.1. The standard InChI is InChI=1S/C27H26N4O5S2/c1-17-9-10-21-25(30-37-29-21)26(17)38(33,34)31(12-11-18-7-5-4-6-8-18)16-20-13-19-14-23(35-2)24(36-3)15-22(19)28-27(20)32/h4-10,13-15H,11-12,16H2,1-3H3,(H,28,32). The van der Waals surface area contributed by atoms with Gasteiger partial charge in [0, 0.05) is 30.1 Å². The molecule has 1 N–H and O–H groups in total. The van der Waals surface area contributed by atoms with E-state index in [0.29, 0.717) is 51.0 Å². The van der Waals surface area contributed by atoms with Crippen LogP contribution in [0.15, 0.2) is 70.4 Å². The predicted octanol–water partition coefficient (Wildman–Crippen LogP) is 4.29. The Morgan fingerprint density at radius 2 is 1.71 bits per heavy atom. The highest BCUT2D eigenvalue weighted by Crippen LogP contribution is 2.32. The summed E-state index contributed by atoms with van der Waals surface area (Å²) in [7, 11) is -0.998. The van der Waals surface area contributed by atoms with E-state index >= 15 is 0 Å². The molecule has 3 aromatic carbocycles. The third-order valence-electron chi connectivity index (χ3n) is 6.44. The van der Waals surface area contributed by atoms with Crippen LogP contribution in [0, 0.1) is 6.92 Å². The van der Waals surface area contributed by atoms with Crippen molar-refractivity contribution in [3.8, 4) is 11.5 Å². The zero-order chi connectivity index (χ0) is 26.9. The number of hydrogen-bond acceptors (Lipinski definition) is 8. The van der Waals surface area contributed by atoms with Crippen molar-refractivity contribution in [2.45, 2.75) is 24.8 Å². The molecule has 0 spiro atoms. The normalized spacial score (nSPS) is 11.9. The van der Waals surface area contributed by atoms with Crippen LogP contribution < -0.4 is 15.0 Å². The first-order valence-electron chi connectivity index (χ1n) is 11.9. The van der Waals surface area contributed by atoms with Gasteiger partial charge in [-0.1, -0.05) is 36.4 Å². The van der Waals surface area contributed by atoms with E-state index < -0.39 is 10.0 Å². The fourth-order valence-electron chi connectivity index (χ4n) is 4.45. The average molecular weight is 551 g/mol. The Kier molecular flexibility index (Phi) is 7.15. The van der Waals surface area contributed by atoms with Gasteiger partial charge in [0.1, 0.15) is 15.9 Å². The Labute approximate surface area is 224 Å². The maximum atomic E-state index is 14.2. The molecule has 0 radical (unpaired) electrons. The third kappa shape index (κ3) is 4.87. The number of sulfonamides is 1. The van der Waals surface area contributed by atoms with Gasteiger partial charge in [0.2, 0.25) is 10.0 Å². The number of aromatic nitrogens is 3. The molecule has 9 nitrogen and oxygen atoms in total. The molecule has 38 heavy (non-hydrogen) atoms. The summed E-state index contributed by atoms with van der Waals surface area (Å²) in [5, 5.41) is 0.694. The number of hydrogen-bond donors (Lipinski definition) is 1. The maximum absolute atomic E-state index is 14.2. The maximum Gasteiger partial charge on any atom is 0.252 e. The second-order valence-electron chi connectivity index (χ2n) is 8.84. The SMILES string of the molecule is COc1cc2cc(CN(CCc3ccccc3)S(=O)(=O)c3c(C)ccc4nsnc34)c(=O)[nH]c2cc1OC. The molecule has 0 unspecified atom stereocenters. The monoisotopic (exact) mass is 550 g/mol. The summed E-state index contributed by atoms with van der Waals surface area (Å²) >= 11 is 0.968. The highest BCUT2D eigenvalue weighted by molar-refractivity contribution is 7.89. The molecule has 0 saturated heterocycles. The highest BCUT2D eigenvalue weighted by atomic mass is 32.2. The molecule has 0 atom stereocenters. The lowest BCUT2D eigenvalue weighted by atomic mass is 10.1. The zero-order valence-corrected chi connectivity index (χ0v) is 22.7. The Morgan fingerprint density at radius 3 is 2.45 bits per heavy atom. The number of fused-ring (bicyclic) bond motifs is 2. The predicted molar refractivity (Wildman–Crippen MR) is 148 cm³/mol. The molecular formula is C27H26N4O5S2. The minimum absolute atomic E-state index is 0.112. The summed E-state index contributed by atoms with van der Waals surface area (Å²) in [6, 6.07) is 18.3. The molecule has 196 valence electrons. The number of benzene rings is 3. The van der Waals surface area contributed by atoms with Crippen LogP contribution in [0.4, 0.5) is 0 Å². The molecule has 5 aromatic rings. The Balaban J connectivity index is 1.60. The van der Waals surface area contributed by atoms with E-state index in [1.807, 2.05) is 30.3 Å². The van der Waals surface area contributed by atoms with Crippen LogP contribution in [0.25, 0.3) is 21.9 Å². The van der Waals surface area contributed by atoms with E-state index in [1.54, 1.807) is 37.3 Å². The minimum Gasteiger partial charge on any atom is -0.493 e. The van der Waals surface area contributed by atoms with E-state index in [4.69, 9.17) is 9.47 Å². The fourth-order valence-corrected chi connectivity index (χ4v) is 6.82. The van der Waals surface area contributed by atoms with Crippen molar-refractivity contribution in [1.82, 2.24) is 18.0 Å². The number of aromatic amines is 1. The van der Waals surface area contributed by atoms with Gasteiger partial charge in [0.15, 0.2) is 11.5 Å². The van der Waals surface area contributed by atoms with Gasteiger partial charge in [-0.25, -0.2) is 8.42 Å². The number of nitrogens with zero attached hydrogens (tertiary/aromatic N) is 3. The van der Waals surface area contributed by atoms with Gasteiger partial charge in [0.25, 0.3) is 5.56 Å². The smallest absolute Gasteiger partial charge is 0.252 e. The molecule has 0 aliphatic rings. The molecule has 0 bridgehead atoms. The van der Waals surface area contributed by atoms with Crippen molar-refractivity contribution in [2.75, 3.05) is 20.8 Å². The van der Waals surface area contributed by atoms with Gasteiger partial charge < -0.3 is 14.5 Å². The molecular weight excluding hydrogens is 524 g/mol. The van der Waals surface area contributed by atoms with Crippen LogP contribution in [0.2, 0.25) is 0 Å². The molecule has 5 rings (SSSR count). The molecule has 2 heterocycles. The van der Waals surface area contributed by atoms with Crippen molar-refractivity contribution in [2.24, 2.45) is 0 Å². The quantitative estimate of drug-likeness (QED) is 0.291. The van der Waals surface area contributed by atoms with E-state index in [-0.39, 0.29) is 23.5 Å². The van der Waals surface area contributed by atoms with Gasteiger partial charge in [0.05, 0.1) is 31.5 Å². The highest BCUT2D eigenvalue weighted by Gasteiger charge is 2.30. The summed E-state index contributed by atoms with van der Waals surface area (Å²) in [5.41, 5.74) is 2.90. The van der Waals surface area contributed by atoms with Gasteiger partial charge in [-0.15, -0.1) is 0 Å². The van der Waals surface area contributed by atoms with Crippen molar-refractivity contribution >= 4 is 43.7 Å². The van der Waals surface area contributed by atoms with Crippen LogP contribution >= 0.6 is 11.7 Å². The largest absolute Gasteiger partial charge is 0.493 e. The topological polar surface area (TPSA) is 114 Å². The van der Waals surface area contributed by atoms with Crippen molar-refractivity contribution in [3.63, 3.8) is 0 Å². The number of aryl methyl sites for hydroxylation is 1. The zero-order valence-electron chi connectivity index (χ0n) is 21.1. The second kappa shape index (κ2) is 10.5. The Bertz CT molecular complexity index is 1780. The molecule has 2 aromatic heterocycles. The first-order valence-corrected chi connectivity index (χ1v) is 14.0. The van der Waals surface area contributed by atoms with Crippen LogP contribution in [-0.4, -0.2) is 47.2 Å². The van der Waals surface area contributed by atoms with Gasteiger partial charge in [-0.3, -0.25) is 4.79 Å². The van der Waals surface area contributed by atoms with Crippen LogP contribution in [0.5, 0.6) is 11.5 Å². The number of ether oxygens (including phenoxy) is 2. The van der Waals surface area contributed by atoms with Crippen LogP contribution in [0.3, 0.4) is 0 Å². The Morgan fingerprint density at radius 1 is 0.974 bits per heavy atom. The second-order valence-corrected chi connectivity index (χ2v) is 11.2. The average Bonchev–Trinajstić information content (AvgIpc) is 3.39. The lowest BCUT2D eigenvalue weighted by Crippen LogP contribution is -2.35. The van der Waals surface area contributed by atoms with E-state index in [2.05, 4.69) is 13.7 Å². The molecule has 0 fully saturated rings. The summed E-state index contributed by atoms with van der Waals surface area (Å²) in [6.45, 7) is 1.79. The molecule has 0 amide bonds. The number of methoxy groups -OCH3 is 2. The fraction of sp³-hybridized carbons (Fsp3) is 0.222. The van der Waals surface area contributed by atoms with Gasteiger partial charge >= 0.3 is 0 Å². The van der Waals surface area contributed by atoms with Crippen LogP contribution in [0.1, 0.15) is 16.7 Å². The van der Waals surface area contributed by atoms with Gasteiger partial charge in [-0.05, 0) is 42.7 Å². The van der Waals surface area contributed by atoms with E-state index in [0.717, 1.165) is 17.3 Å². The number of H-pyrrole nitrogens is 1. The van der Waals surface area contributed by atoms with Gasteiger partial charge in [-0.2, -0.15) is 13.1 Å². The summed E-state index contributed by atoms with van der Waals surface area (Å²) < 4.78 is 48.9. The number of nitrogens with one attached hydrogen (secondary N) is 1. The first-order chi connectivity index (χ1) is 18.3. The minimum atomic E-state index is -4.05. The van der Waals surface area contributed by atoms with E-state index in [9.17, 15) is 13.2 Å². The van der Waals surface area contributed by atoms with Crippen molar-refractivity contribution in [3.05, 3.63) is 87.7 Å². The summed E-state index contributed by atoms with van der Waals surface area (Å²) in [5.74, 6) is 0.987. The van der Waals surface area contributed by atoms with Crippen molar-refractivity contribution in [1.29, 1.82) is 0 Å². The first kappa shape index (κ1) is 25.8. The Hall–Kier alpha value is -3.80. The third-order valence-corrected chi connectivity index (χ3v) is 9.01. The summed E-state index contributed by atoms with van der Waals surface area (Å²) in [6.07, 6.45) is 0.473. The van der Waals surface area contributed by atoms with E-state index in [1.165, 1.54) is 18.5 Å². The lowest BCUT2D eigenvalue weighted by molar-refractivity contribution is 0.355. The lowest BCUT2D eigenvalue weighted by Gasteiger charge is -2.23. The number of rotatable bonds is 9. The molecule has 11 heteroatoms. The van der Waals surface area contributed by atoms with Crippen LogP contribution in [-0.2, 0) is 23.0 Å². The molecule has 0 saturated carbocycles. The van der Waals surface area contributed by atoms with Crippen molar-refractivity contribution < 1.29 is 17.9 Å².